The molecule has 9 heteroatoms. The maximum Gasteiger partial charge on any atom is 0.410 e. The van der Waals surface area contributed by atoms with Gasteiger partial charge in [0.25, 0.3) is 5.69 Å². The van der Waals surface area contributed by atoms with Gasteiger partial charge in [-0.05, 0) is 57.0 Å². The van der Waals surface area contributed by atoms with Gasteiger partial charge in [-0.3, -0.25) is 10.1 Å². The summed E-state index contributed by atoms with van der Waals surface area (Å²) in [5, 5.41) is 11.4. The van der Waals surface area contributed by atoms with Gasteiger partial charge in [-0.1, -0.05) is 12.1 Å². The number of benzene rings is 2. The van der Waals surface area contributed by atoms with Crippen LogP contribution in [0.4, 0.5) is 10.5 Å². The van der Waals surface area contributed by atoms with Crippen LogP contribution < -0.4 is 9.47 Å². The van der Waals surface area contributed by atoms with E-state index in [0.29, 0.717) is 42.3 Å². The summed E-state index contributed by atoms with van der Waals surface area (Å²) in [6, 6.07) is 12.0. The molecule has 2 aromatic rings. The van der Waals surface area contributed by atoms with E-state index < -0.39 is 10.5 Å². The number of carbonyl (C=O) groups is 1. The van der Waals surface area contributed by atoms with E-state index in [1.54, 1.807) is 48.4 Å². The quantitative estimate of drug-likeness (QED) is 0.376. The normalized spacial score (nSPS) is 15.8. The second kappa shape index (κ2) is 11.2. The molecule has 0 bridgehead atoms. The van der Waals surface area contributed by atoms with Crippen LogP contribution in [-0.2, 0) is 22.7 Å². The summed E-state index contributed by atoms with van der Waals surface area (Å²) in [5.74, 6) is 1.50. The number of nitro groups is 1. The summed E-state index contributed by atoms with van der Waals surface area (Å²) in [4.78, 5) is 24.9. The number of methoxy groups -OCH3 is 1. The van der Waals surface area contributed by atoms with Gasteiger partial charge in [0.05, 0.1) is 23.7 Å². The van der Waals surface area contributed by atoms with Gasteiger partial charge < -0.3 is 23.8 Å². The van der Waals surface area contributed by atoms with E-state index in [2.05, 4.69) is 0 Å². The number of hydrogen-bond donors (Lipinski definition) is 0. The van der Waals surface area contributed by atoms with Crippen molar-refractivity contribution in [3.63, 3.8) is 0 Å². The summed E-state index contributed by atoms with van der Waals surface area (Å²) in [5.41, 5.74) is 0.706. The molecule has 0 aliphatic carbocycles. The number of amides is 1. The molecule has 9 nitrogen and oxygen atoms in total. The van der Waals surface area contributed by atoms with Crippen LogP contribution in [0.25, 0.3) is 0 Å². The first-order valence-corrected chi connectivity index (χ1v) is 11.2. The SMILES string of the molecule is COCc1cccc([N+](=O)[O-])c1COc1ccc(OC[C@@H]2CCN(C(=O)OC(C)(C)C)C2)cc1. The molecule has 0 spiro atoms. The van der Waals surface area contributed by atoms with Crippen molar-refractivity contribution in [2.24, 2.45) is 5.92 Å². The number of nitro benzene ring substituents is 1. The zero-order valence-electron chi connectivity index (χ0n) is 20.1. The van der Waals surface area contributed by atoms with Crippen molar-refractivity contribution in [1.29, 1.82) is 0 Å². The second-order valence-corrected chi connectivity index (χ2v) is 9.26. The topological polar surface area (TPSA) is 100 Å². The predicted octanol–water partition coefficient (Wildman–Crippen LogP) is 4.96. The summed E-state index contributed by atoms with van der Waals surface area (Å²) in [6.45, 7) is 7.65. The van der Waals surface area contributed by atoms with Crippen LogP contribution in [0.3, 0.4) is 0 Å². The van der Waals surface area contributed by atoms with Crippen LogP contribution in [0.2, 0.25) is 0 Å². The highest BCUT2D eigenvalue weighted by atomic mass is 16.6. The zero-order chi connectivity index (χ0) is 24.7. The monoisotopic (exact) mass is 472 g/mol. The summed E-state index contributed by atoms with van der Waals surface area (Å²) < 4.78 is 22.3. The second-order valence-electron chi connectivity index (χ2n) is 9.26. The molecule has 2 aromatic carbocycles. The average molecular weight is 473 g/mol. The molecule has 0 saturated carbocycles. The van der Waals surface area contributed by atoms with Crippen LogP contribution in [0.5, 0.6) is 11.5 Å². The fourth-order valence-electron chi connectivity index (χ4n) is 3.71. The summed E-state index contributed by atoms with van der Waals surface area (Å²) in [7, 11) is 1.54. The lowest BCUT2D eigenvalue weighted by atomic mass is 10.1. The van der Waals surface area contributed by atoms with E-state index in [9.17, 15) is 14.9 Å². The van der Waals surface area contributed by atoms with Crippen molar-refractivity contribution in [3.05, 3.63) is 63.7 Å². The minimum atomic E-state index is -0.508. The fraction of sp³-hybridized carbons (Fsp3) is 0.480. The van der Waals surface area contributed by atoms with Crippen molar-refractivity contribution in [2.45, 2.75) is 46.0 Å². The van der Waals surface area contributed by atoms with Gasteiger partial charge >= 0.3 is 6.09 Å². The lowest BCUT2D eigenvalue weighted by Gasteiger charge is -2.24. The number of ether oxygens (including phenoxy) is 4. The van der Waals surface area contributed by atoms with E-state index in [0.717, 1.165) is 6.42 Å². The van der Waals surface area contributed by atoms with E-state index in [1.165, 1.54) is 6.07 Å². The predicted molar refractivity (Wildman–Crippen MR) is 126 cm³/mol. The Balaban J connectivity index is 1.51. The van der Waals surface area contributed by atoms with Crippen LogP contribution in [-0.4, -0.2) is 48.3 Å². The molecule has 34 heavy (non-hydrogen) atoms. The number of carbonyl (C=O) groups excluding carboxylic acids is 1. The number of hydrogen-bond acceptors (Lipinski definition) is 7. The highest BCUT2D eigenvalue weighted by molar-refractivity contribution is 5.68. The van der Waals surface area contributed by atoms with Crippen molar-refractivity contribution in [2.75, 3.05) is 26.8 Å². The van der Waals surface area contributed by atoms with Crippen LogP contribution >= 0.6 is 0 Å². The Bertz CT molecular complexity index is 986. The molecule has 1 fully saturated rings. The molecular weight excluding hydrogens is 440 g/mol. The first-order chi connectivity index (χ1) is 16.2. The Labute approximate surface area is 199 Å². The Morgan fingerprint density at radius 2 is 1.76 bits per heavy atom. The molecule has 0 unspecified atom stereocenters. The van der Waals surface area contributed by atoms with Gasteiger partial charge in [-0.25, -0.2) is 4.79 Å². The standard InChI is InChI=1S/C25H32N2O7/c1-25(2,3)34-24(28)26-13-12-18(14-26)15-32-20-8-10-21(11-9-20)33-17-22-19(16-31-4)6-5-7-23(22)27(29)30/h5-11,18H,12-17H2,1-4H3/t18-/m1/s1. The molecular formula is C25H32N2O7. The Morgan fingerprint density at radius 1 is 1.09 bits per heavy atom. The molecule has 1 aliphatic heterocycles. The van der Waals surface area contributed by atoms with Crippen molar-refractivity contribution >= 4 is 11.8 Å². The zero-order valence-corrected chi connectivity index (χ0v) is 20.1. The van der Waals surface area contributed by atoms with E-state index in [-0.39, 0.29) is 30.9 Å². The molecule has 0 radical (unpaired) electrons. The fourth-order valence-corrected chi connectivity index (χ4v) is 3.71. The maximum atomic E-state index is 12.2. The highest BCUT2D eigenvalue weighted by Crippen LogP contribution is 2.26. The minimum absolute atomic E-state index is 0.00601. The Morgan fingerprint density at radius 3 is 2.38 bits per heavy atom. The van der Waals surface area contributed by atoms with Gasteiger partial charge in [-0.2, -0.15) is 0 Å². The van der Waals surface area contributed by atoms with Gasteiger partial charge in [0.1, 0.15) is 23.7 Å². The van der Waals surface area contributed by atoms with Crippen LogP contribution in [0, 0.1) is 16.0 Å². The molecule has 3 rings (SSSR count). The van der Waals surface area contributed by atoms with Crippen LogP contribution in [0.1, 0.15) is 38.3 Å². The highest BCUT2D eigenvalue weighted by Gasteiger charge is 2.30. The van der Waals surface area contributed by atoms with Gasteiger partial charge in [-0.15, -0.1) is 0 Å². The van der Waals surface area contributed by atoms with Crippen LogP contribution in [0.15, 0.2) is 42.5 Å². The third-order valence-electron chi connectivity index (χ3n) is 5.38. The van der Waals surface area contributed by atoms with Crippen molar-refractivity contribution < 1.29 is 28.7 Å². The van der Waals surface area contributed by atoms with Gasteiger partial charge in [0.2, 0.25) is 0 Å². The lowest BCUT2D eigenvalue weighted by Crippen LogP contribution is -2.35. The molecule has 1 aliphatic rings. The van der Waals surface area contributed by atoms with Gasteiger partial charge in [0, 0.05) is 32.2 Å². The first-order valence-electron chi connectivity index (χ1n) is 11.2. The van der Waals surface area contributed by atoms with E-state index in [1.807, 2.05) is 20.8 Å². The molecule has 0 aromatic heterocycles. The third kappa shape index (κ3) is 7.08. The molecule has 1 atom stereocenters. The number of likely N-dealkylation sites (tertiary alicyclic amines) is 1. The molecule has 184 valence electrons. The molecule has 1 heterocycles. The van der Waals surface area contributed by atoms with E-state index in [4.69, 9.17) is 18.9 Å². The Kier molecular flexibility index (Phi) is 8.33. The Hall–Kier alpha value is -3.33. The molecule has 0 N–H and O–H groups in total. The molecule has 1 saturated heterocycles. The minimum Gasteiger partial charge on any atom is -0.493 e. The van der Waals surface area contributed by atoms with E-state index >= 15 is 0 Å². The molecule has 1 amide bonds. The third-order valence-corrected chi connectivity index (χ3v) is 5.38. The smallest absolute Gasteiger partial charge is 0.410 e. The largest absolute Gasteiger partial charge is 0.493 e. The summed E-state index contributed by atoms with van der Waals surface area (Å²) >= 11 is 0. The first kappa shape index (κ1) is 25.3. The van der Waals surface area contributed by atoms with Crippen molar-refractivity contribution in [3.8, 4) is 11.5 Å². The number of nitrogens with zero attached hydrogens (tertiary/aromatic N) is 2. The summed E-state index contributed by atoms with van der Waals surface area (Å²) in [6.07, 6.45) is 0.573. The van der Waals surface area contributed by atoms with Gasteiger partial charge in [0.15, 0.2) is 0 Å². The lowest BCUT2D eigenvalue weighted by molar-refractivity contribution is -0.385. The van der Waals surface area contributed by atoms with Crippen molar-refractivity contribution in [1.82, 2.24) is 4.90 Å². The maximum absolute atomic E-state index is 12.2. The average Bonchev–Trinajstić information content (AvgIpc) is 3.26. The number of rotatable bonds is 9.